The third-order valence-electron chi connectivity index (χ3n) is 0.341. The van der Waals surface area contributed by atoms with Crippen LogP contribution in [0.2, 0.25) is 0 Å². The lowest BCUT2D eigenvalue weighted by molar-refractivity contribution is -0.106. The van der Waals surface area contributed by atoms with Gasteiger partial charge in [0.05, 0.1) is 0 Å². The lowest BCUT2D eigenvalue weighted by atomic mass is 10.5. The molecule has 0 aliphatic rings. The van der Waals surface area contributed by atoms with E-state index >= 15 is 0 Å². The summed E-state index contributed by atoms with van der Waals surface area (Å²) >= 11 is 3.97. The van der Waals surface area contributed by atoms with Crippen LogP contribution in [0.5, 0.6) is 0 Å². The van der Waals surface area contributed by atoms with Crippen molar-refractivity contribution in [2.45, 2.75) is 19.1 Å². The number of aldehydes is 1. The largest absolute Gasteiger partial charge is 0.329 e. The first-order chi connectivity index (χ1) is 3.68. The molecule has 0 amide bonds. The van der Waals surface area contributed by atoms with Gasteiger partial charge in [-0.05, 0) is 6.92 Å². The summed E-state index contributed by atoms with van der Waals surface area (Å²) in [4.78, 5) is 8.81. The zero-order valence-electron chi connectivity index (χ0n) is 5.70. The highest BCUT2D eigenvalue weighted by molar-refractivity contribution is 7.80. The molecule has 0 aromatic heterocycles. The Balaban J connectivity index is -0.0000000800. The highest BCUT2D eigenvalue weighted by atomic mass is 35.5. The van der Waals surface area contributed by atoms with E-state index in [2.05, 4.69) is 12.6 Å². The van der Waals surface area contributed by atoms with Gasteiger partial charge in [-0.1, -0.05) is 6.92 Å². The summed E-state index contributed by atoms with van der Waals surface area (Å²) in [6, 6.07) is 0. The molecule has 4 heteroatoms. The average molecular weight is 172 g/mol. The average Bonchev–Trinajstić information content (AvgIpc) is 1.69. The Kier molecular flexibility index (Phi) is 28.2. The Labute approximate surface area is 68.0 Å². The van der Waals surface area contributed by atoms with Crippen LogP contribution < -0.4 is 5.73 Å². The lowest BCUT2D eigenvalue weighted by Gasteiger charge is -1.90. The van der Waals surface area contributed by atoms with E-state index in [1.54, 1.807) is 0 Å². The van der Waals surface area contributed by atoms with E-state index < -0.39 is 0 Å². The van der Waals surface area contributed by atoms with Gasteiger partial charge in [-0.15, -0.1) is 12.4 Å². The van der Waals surface area contributed by atoms with Crippen molar-refractivity contribution in [1.29, 1.82) is 0 Å². The predicted molar refractivity (Wildman–Crippen MR) is 46.5 cm³/mol. The van der Waals surface area contributed by atoms with E-state index in [0.717, 1.165) is 6.29 Å². The van der Waals surface area contributed by atoms with Gasteiger partial charge in [-0.25, -0.2) is 0 Å². The molecule has 1 atom stereocenters. The molecular weight excluding hydrogens is 158 g/mol. The second-order valence-corrected chi connectivity index (χ2v) is 2.20. The van der Waals surface area contributed by atoms with Crippen LogP contribution >= 0.6 is 25.0 Å². The van der Waals surface area contributed by atoms with Crippen molar-refractivity contribution in [3.8, 4) is 0 Å². The third-order valence-corrected chi connectivity index (χ3v) is 0.552. The van der Waals surface area contributed by atoms with Crippen molar-refractivity contribution < 1.29 is 4.79 Å². The summed E-state index contributed by atoms with van der Waals surface area (Å²) in [5.41, 5.74) is 5.09. The topological polar surface area (TPSA) is 43.1 Å². The zero-order valence-corrected chi connectivity index (χ0v) is 7.41. The highest BCUT2D eigenvalue weighted by Crippen LogP contribution is 1.83. The van der Waals surface area contributed by atoms with Crippen LogP contribution in [0.15, 0.2) is 0 Å². The monoisotopic (exact) mass is 171 g/mol. The second kappa shape index (κ2) is 15.7. The van der Waals surface area contributed by atoms with Gasteiger partial charge < -0.3 is 10.5 Å². The Morgan fingerprint density at radius 1 is 1.78 bits per heavy atom. The molecule has 0 aliphatic carbocycles. The Morgan fingerprint density at radius 3 is 1.89 bits per heavy atom. The molecule has 0 bridgehead atoms. The van der Waals surface area contributed by atoms with Gasteiger partial charge in [0.25, 0.3) is 0 Å². The molecule has 0 spiro atoms. The molecule has 2 N–H and O–H groups in total. The number of thiol groups is 1. The van der Waals surface area contributed by atoms with Crippen LogP contribution in [0, 0.1) is 0 Å². The van der Waals surface area contributed by atoms with Gasteiger partial charge in [0.15, 0.2) is 0 Å². The first kappa shape index (κ1) is 16.1. The number of hydrogen-bond acceptors (Lipinski definition) is 3. The Morgan fingerprint density at radius 2 is 1.89 bits per heavy atom. The van der Waals surface area contributed by atoms with Gasteiger partial charge in [0, 0.05) is 11.8 Å². The summed E-state index contributed by atoms with van der Waals surface area (Å²) in [5.74, 6) is 0. The Bertz CT molecular complexity index is 52.2. The molecule has 0 saturated heterocycles. The van der Waals surface area contributed by atoms with Gasteiger partial charge in [0.1, 0.15) is 6.29 Å². The van der Waals surface area contributed by atoms with Gasteiger partial charge in [-0.3, -0.25) is 0 Å². The minimum absolute atomic E-state index is 0. The minimum Gasteiger partial charge on any atom is -0.329 e. The summed E-state index contributed by atoms with van der Waals surface area (Å²) < 4.78 is 0. The number of rotatable bonds is 1. The first-order valence-electron chi connectivity index (χ1n) is 2.47. The number of carbonyl (C=O) groups excluding carboxylic acids is 1. The third kappa shape index (κ3) is 63.1. The van der Waals surface area contributed by atoms with E-state index in [1.807, 2.05) is 6.92 Å². The Hall–Kier alpha value is 0.270. The summed E-state index contributed by atoms with van der Waals surface area (Å²) in [7, 11) is 0. The number of halogens is 1. The number of hydrogen-bond donors (Lipinski definition) is 2. The van der Waals surface area contributed by atoms with Crippen LogP contribution in [0.3, 0.4) is 0 Å². The molecule has 0 fully saturated rings. The van der Waals surface area contributed by atoms with E-state index in [1.165, 1.54) is 6.92 Å². The highest BCUT2D eigenvalue weighted by Gasteiger charge is 1.81. The molecule has 0 aliphatic heterocycles. The lowest BCUT2D eigenvalue weighted by Crippen LogP contribution is -2.08. The van der Waals surface area contributed by atoms with Crippen molar-refractivity contribution in [2.75, 3.05) is 6.54 Å². The van der Waals surface area contributed by atoms with Crippen molar-refractivity contribution in [1.82, 2.24) is 0 Å². The molecule has 0 rings (SSSR count). The molecule has 0 aromatic carbocycles. The van der Waals surface area contributed by atoms with Crippen LogP contribution in [0.25, 0.3) is 0 Å². The van der Waals surface area contributed by atoms with Crippen LogP contribution in [-0.2, 0) is 4.79 Å². The molecule has 0 radical (unpaired) electrons. The fourth-order valence-corrected chi connectivity index (χ4v) is 0. The predicted octanol–water partition coefficient (Wildman–Crippen LogP) is 0.890. The number of carbonyl (C=O) groups is 1. The van der Waals surface area contributed by atoms with E-state index in [-0.39, 0.29) is 12.4 Å². The maximum absolute atomic E-state index is 8.81. The van der Waals surface area contributed by atoms with Crippen molar-refractivity contribution >= 4 is 31.3 Å². The molecule has 0 heterocycles. The summed E-state index contributed by atoms with van der Waals surface area (Å²) in [5, 5.41) is 0.356. The maximum Gasteiger partial charge on any atom is 0.116 e. The van der Waals surface area contributed by atoms with Gasteiger partial charge >= 0.3 is 0 Å². The van der Waals surface area contributed by atoms with Crippen molar-refractivity contribution in [3.63, 3.8) is 0 Å². The van der Waals surface area contributed by atoms with Crippen LogP contribution in [0.4, 0.5) is 0 Å². The first-order valence-corrected chi connectivity index (χ1v) is 2.98. The molecule has 1 unspecified atom stereocenters. The molecule has 9 heavy (non-hydrogen) atoms. The van der Waals surface area contributed by atoms with Crippen molar-refractivity contribution in [3.05, 3.63) is 0 Å². The fraction of sp³-hybridized carbons (Fsp3) is 0.800. The van der Waals surface area contributed by atoms with Crippen LogP contribution in [-0.4, -0.2) is 18.1 Å². The molecule has 58 valence electrons. The van der Waals surface area contributed by atoms with E-state index in [4.69, 9.17) is 10.5 Å². The minimum atomic E-state index is 0. The maximum atomic E-state index is 8.81. The fourth-order valence-electron chi connectivity index (χ4n) is 0. The summed E-state index contributed by atoms with van der Waals surface area (Å²) in [6.45, 7) is 4.08. The molecule has 2 nitrogen and oxygen atoms in total. The van der Waals surface area contributed by atoms with Crippen molar-refractivity contribution in [2.24, 2.45) is 5.73 Å². The van der Waals surface area contributed by atoms with E-state index in [9.17, 15) is 0 Å². The smallest absolute Gasteiger partial charge is 0.116 e. The standard InChI is InChI=1S/C3H9NS.C2H4O.ClH/c1-3(5)2-4;1-2-3;/h3,5H,2,4H2,1H3;2H,1H3;1H. The zero-order chi connectivity index (χ0) is 6.99. The molecule has 0 saturated carbocycles. The molecular formula is C5H14ClNOS. The summed E-state index contributed by atoms with van der Waals surface area (Å²) in [6.07, 6.45) is 0.750. The van der Waals surface area contributed by atoms with E-state index in [0.29, 0.717) is 11.8 Å². The van der Waals surface area contributed by atoms with Crippen LogP contribution in [0.1, 0.15) is 13.8 Å². The normalized spacial score (nSPS) is 9.78. The SMILES string of the molecule is CC(S)CN.CC=O.Cl. The molecule has 0 aromatic rings. The number of nitrogens with two attached hydrogens (primary N) is 1. The van der Waals surface area contributed by atoms with Gasteiger partial charge in [-0.2, -0.15) is 12.6 Å². The second-order valence-electron chi connectivity index (χ2n) is 1.32. The van der Waals surface area contributed by atoms with Gasteiger partial charge in [0.2, 0.25) is 0 Å². The quantitative estimate of drug-likeness (QED) is 0.455.